The van der Waals surface area contributed by atoms with Gasteiger partial charge < -0.3 is 32.6 Å². The van der Waals surface area contributed by atoms with Gasteiger partial charge in [0.25, 0.3) is 60.7 Å². The third kappa shape index (κ3) is 26.6. The number of rotatable bonds is 50. The summed E-state index contributed by atoms with van der Waals surface area (Å²) in [4.78, 5) is 73.7. The molecule has 0 saturated heterocycles. The molecule has 0 saturated carbocycles. The number of nitrogens with zero attached hydrogens (tertiary/aromatic N) is 10. The quantitative estimate of drug-likeness (QED) is 0.00624. The summed E-state index contributed by atoms with van der Waals surface area (Å²) in [7, 11) is -37.8. The number of unbranched alkanes of at least 4 members (excludes halogenated alkanes) is 1. The fourth-order valence-electron chi connectivity index (χ4n) is 16.4. The number of hydrogen-bond acceptors (Lipinski definition) is 24. The largest absolute Gasteiger partial charge is 0.582 e. The minimum Gasteiger partial charge on any atom is -0.469 e. The number of ether oxygens (including phenoxy) is 1. The van der Waals surface area contributed by atoms with Crippen LogP contribution in [0.25, 0.3) is 21.5 Å². The highest BCUT2D eigenvalue weighted by molar-refractivity contribution is 7.87. The van der Waals surface area contributed by atoms with Crippen LogP contribution >= 0.6 is 0 Å². The number of methoxy groups -OCH3 is 1. The van der Waals surface area contributed by atoms with Crippen molar-refractivity contribution in [3.8, 4) is 0 Å². The lowest BCUT2D eigenvalue weighted by Crippen LogP contribution is -2.70. The van der Waals surface area contributed by atoms with Crippen molar-refractivity contribution in [1.29, 1.82) is 0 Å². The van der Waals surface area contributed by atoms with Gasteiger partial charge in [0.05, 0.1) is 94.0 Å². The summed E-state index contributed by atoms with van der Waals surface area (Å²) in [6.45, 7) is 8.07. The van der Waals surface area contributed by atoms with Crippen LogP contribution in [0.3, 0.4) is 0 Å². The van der Waals surface area contributed by atoms with Crippen molar-refractivity contribution in [3.63, 3.8) is 0 Å². The van der Waals surface area contributed by atoms with Crippen LogP contribution in [0.15, 0.2) is 127 Å². The Labute approximate surface area is 703 Å². The van der Waals surface area contributed by atoms with Gasteiger partial charge in [-0.2, -0.15) is 50.5 Å². The Morgan fingerprint density at radius 1 is 0.400 bits per heavy atom. The van der Waals surface area contributed by atoms with Crippen LogP contribution in [0.5, 0.6) is 0 Å². The normalized spacial score (nSPS) is 15.8. The summed E-state index contributed by atoms with van der Waals surface area (Å²) in [5.41, 5.74) is 3.61. The van der Waals surface area contributed by atoms with Gasteiger partial charge in [-0.15, -0.1) is 0 Å². The molecule has 6 bridgehead atoms. The molecule has 120 heavy (non-hydrogen) atoms. The maximum absolute atomic E-state index is 15.4. The molecule has 1 atom stereocenters. The van der Waals surface area contributed by atoms with E-state index in [2.05, 4.69) is 23.7 Å². The highest BCUT2D eigenvalue weighted by Crippen LogP contribution is 2.46. The predicted octanol–water partition coefficient (Wildman–Crippen LogP) is 7.04. The van der Waals surface area contributed by atoms with E-state index in [1.165, 1.54) is 7.11 Å². The Bertz CT molecular complexity index is 5330. The molecule has 4 aromatic carbocycles. The number of nitrogens with one attached hydrogen (secondary N) is 2. The molecule has 8 N–H and O–H groups in total. The number of amides is 2. The molecule has 2 aromatic heterocycles. The number of quaternary nitrogens is 2. The zero-order valence-corrected chi connectivity index (χ0v) is 75.7. The molecule has 10 rings (SSSR count). The second-order valence-corrected chi connectivity index (χ2v) is 53.4. The molecule has 0 fully saturated rings. The second kappa shape index (κ2) is 39.6. The van der Waals surface area contributed by atoms with Crippen LogP contribution in [0, 0.1) is 5.92 Å². The molecule has 1 unspecified atom stereocenters. The van der Waals surface area contributed by atoms with E-state index in [4.69, 9.17) is 42.9 Å². The molecule has 2 amide bonds. The van der Waals surface area contributed by atoms with Crippen LogP contribution in [-0.2, 0) is 88.1 Å². The third-order valence-corrected chi connectivity index (χ3v) is 38.3. The van der Waals surface area contributed by atoms with E-state index in [-0.39, 0.29) is 170 Å². The standard InChI is InChI=1S/C75H106N12O24S6Si3/c1-109-66(89)37-15-14-36-65(88)76-38-18-54-118(2,3)110-120(84-71-61-32-10-11-33-62(61)73(84)82-69-59-30-8-9-31-60(59)70(79-69)83-74-64-35-13-12-34-63(64)72(85(74)120)81-68-58-29-7-6-28-57(58)67(78-68)80-71)111-119(4,5)55-19-39-77-75(90)56(26-16-40-86(42-20-48-112(91,92)93,43-21-49-113(94,95)96)44-22-50-114(97,98)99)27-17-41-87(45-23-51-115(100,101)102,46-24-52-116(103,104)105)47-25-53-117(106,107)108/h6-13,28-35,56H,14-27,36-55H2,1-5H3,(H6-2,76,77,88,90,91,92,93,94,95,96,97,98,99,100,101,102,103,104,105,106,107,108)/p+2. The Morgan fingerprint density at radius 3 is 1.05 bits per heavy atom. The number of aromatic nitrogens is 2. The zero-order chi connectivity index (χ0) is 87.3. The summed E-state index contributed by atoms with van der Waals surface area (Å²) in [5.74, 6) is -4.26. The van der Waals surface area contributed by atoms with E-state index in [0.29, 0.717) is 121 Å². The molecule has 45 heteroatoms. The number of amidine groups is 4. The maximum Gasteiger partial charge on any atom is 0.582 e. The Balaban J connectivity index is 1.06. The number of esters is 1. The lowest BCUT2D eigenvalue weighted by Gasteiger charge is -2.43. The molecule has 658 valence electrons. The average Bonchev–Trinajstić information content (AvgIpc) is 1.52. The van der Waals surface area contributed by atoms with Crippen LogP contribution in [0.2, 0.25) is 38.3 Å². The molecule has 0 radical (unpaired) electrons. The Kier molecular flexibility index (Phi) is 31.3. The molecule has 6 heterocycles. The number of fused-ring (bicyclic) bond motifs is 14. The van der Waals surface area contributed by atoms with E-state index in [1.807, 2.05) is 119 Å². The van der Waals surface area contributed by atoms with Crippen LogP contribution in [-0.4, -0.2) is 269 Å². The molecular formula is C75H108N12O24S6Si3+2. The fourth-order valence-corrected chi connectivity index (χ4v) is 32.0. The van der Waals surface area contributed by atoms with E-state index in [0.717, 1.165) is 0 Å². The van der Waals surface area contributed by atoms with Crippen molar-refractivity contribution in [3.05, 3.63) is 130 Å². The van der Waals surface area contributed by atoms with E-state index in [9.17, 15) is 87.4 Å². The summed E-state index contributed by atoms with van der Waals surface area (Å²) < 4.78 is 230. The van der Waals surface area contributed by atoms with Gasteiger partial charge in [-0.05, 0) is 89.6 Å². The van der Waals surface area contributed by atoms with Gasteiger partial charge in [-0.25, -0.2) is 30.0 Å². The van der Waals surface area contributed by atoms with Crippen molar-refractivity contribution < 1.29 is 114 Å². The summed E-state index contributed by atoms with van der Waals surface area (Å²) in [6, 6.07) is 31.6. The molecule has 4 aliphatic heterocycles. The van der Waals surface area contributed by atoms with Gasteiger partial charge >= 0.3 is 14.9 Å². The monoisotopic (exact) mass is 1840 g/mol. The topological polar surface area (TPSA) is 513 Å². The van der Waals surface area contributed by atoms with Gasteiger partial charge in [0.15, 0.2) is 40.0 Å². The zero-order valence-electron chi connectivity index (χ0n) is 67.8. The minimum atomic E-state index is -4.89. The smallest absolute Gasteiger partial charge is 0.469 e. The number of carbonyl (C=O) groups is 3. The fraction of sp³-hybridized carbons (Fsp3) is 0.533. The van der Waals surface area contributed by atoms with Crippen molar-refractivity contribution in [2.75, 3.05) is 107 Å². The minimum absolute atomic E-state index is 0.0134. The second-order valence-electron chi connectivity index (χ2n) is 32.3. The molecular weight excluding hydrogens is 1730 g/mol. The van der Waals surface area contributed by atoms with Crippen molar-refractivity contribution in [1.82, 2.24) is 19.1 Å². The molecule has 0 aliphatic carbocycles. The number of benzene rings is 4. The highest BCUT2D eigenvalue weighted by Gasteiger charge is 2.58. The first-order valence-electron chi connectivity index (χ1n) is 40.0. The number of hydrogen-bond donors (Lipinski definition) is 8. The van der Waals surface area contributed by atoms with Crippen LogP contribution in [0.1, 0.15) is 125 Å². The average molecular weight is 1840 g/mol. The molecule has 0 spiro atoms. The maximum atomic E-state index is 15.4. The lowest BCUT2D eigenvalue weighted by atomic mass is 9.95. The number of carbonyl (C=O) groups excluding carboxylic acids is 3. The molecule has 36 nitrogen and oxygen atoms in total. The lowest BCUT2D eigenvalue weighted by molar-refractivity contribution is -0.928. The van der Waals surface area contributed by atoms with Crippen LogP contribution < -0.4 is 21.6 Å². The van der Waals surface area contributed by atoms with Crippen molar-refractivity contribution in [2.24, 2.45) is 35.9 Å². The van der Waals surface area contributed by atoms with E-state index in [1.54, 1.807) is 0 Å². The van der Waals surface area contributed by atoms with Crippen LogP contribution in [0.4, 0.5) is 11.6 Å². The first-order chi connectivity index (χ1) is 56.3. The summed E-state index contributed by atoms with van der Waals surface area (Å²) >= 11 is 0. The Morgan fingerprint density at radius 2 is 0.708 bits per heavy atom. The van der Waals surface area contributed by atoms with Crippen molar-refractivity contribution >= 4 is 161 Å². The predicted molar refractivity (Wildman–Crippen MR) is 461 cm³/mol. The summed E-state index contributed by atoms with van der Waals surface area (Å²) in [6.07, 6.45) is 1.00. The molecule has 4 aliphatic rings. The van der Waals surface area contributed by atoms with Gasteiger partial charge in [-0.1, -0.05) is 97.1 Å². The summed E-state index contributed by atoms with van der Waals surface area (Å²) in [5, 5.41) is 8.88. The first-order valence-corrected chi connectivity index (χ1v) is 57.6. The third-order valence-electron chi connectivity index (χ3n) is 21.9. The van der Waals surface area contributed by atoms with Gasteiger partial charge in [0.1, 0.15) is 22.6 Å². The Hall–Kier alpha value is -7.40. The van der Waals surface area contributed by atoms with Gasteiger partial charge in [-0.3, -0.25) is 50.2 Å². The SMILES string of the molecule is COC(=O)CCCCC(=O)NCCC[Si](C)(C)O[Si]1(O[Si](C)(C)CCCNC(=O)C(CCC[N+](CCCS(=O)(=O)O)(CCCS(=O)(=O)O)CCCS(=O)(=O)O)CCC[N+](CCCS(=O)(=O)O)(CCCS(=O)(=O)O)CCCS(=O)(=O)O)n2c3c4ccccc4c2N=C2N=C(N=c4c5ccccc5c(n41)=NC1=NC(=N3)c3ccccc31)c1ccccc12. The first kappa shape index (κ1) is 94.8. The van der Waals surface area contributed by atoms with E-state index >= 15 is 4.79 Å². The number of aliphatic imine (C=N–C) groups is 4. The molecule has 6 aromatic rings. The van der Waals surface area contributed by atoms with Crippen molar-refractivity contribution in [2.45, 2.75) is 141 Å². The van der Waals surface area contributed by atoms with E-state index < -0.39 is 133 Å². The van der Waals surface area contributed by atoms with Gasteiger partial charge in [0.2, 0.25) is 11.8 Å². The highest BCUT2D eigenvalue weighted by atomic mass is 32.2. The van der Waals surface area contributed by atoms with Gasteiger partial charge in [0, 0.05) is 114 Å².